The van der Waals surface area contributed by atoms with Crippen LogP contribution in [0.5, 0.6) is 17.2 Å². The van der Waals surface area contributed by atoms with Gasteiger partial charge in [0.05, 0.1) is 0 Å². The van der Waals surface area contributed by atoms with Crippen LogP contribution in [-0.4, -0.2) is 52.1 Å². The first-order valence-corrected chi connectivity index (χ1v) is 21.7. The average Bonchev–Trinajstić information content (AvgIpc) is 2.85. The van der Waals surface area contributed by atoms with Crippen LogP contribution in [-0.2, 0) is 41.8 Å². The topological polar surface area (TPSA) is 356 Å². The fraction of sp³-hybridized carbons (Fsp3) is 0. The zero-order chi connectivity index (χ0) is 41.7. The normalized spacial score (nSPS) is 15.4. The van der Waals surface area contributed by atoms with E-state index in [2.05, 4.69) is 17.5 Å². The zero-order valence-electron chi connectivity index (χ0n) is 24.4. The monoisotopic (exact) mass is 908 g/mol. The lowest BCUT2D eigenvalue weighted by molar-refractivity contribution is 0.303. The molecule has 0 aliphatic heterocycles. The van der Waals surface area contributed by atoms with Gasteiger partial charge in [0.15, 0.2) is 0 Å². The molecule has 3 aromatic carbocycles. The third-order valence-corrected chi connectivity index (χ3v) is 5.87. The Kier molecular flexibility index (Phi) is 25.0. The Balaban J connectivity index is -0.000000569. The van der Waals surface area contributed by atoms with Gasteiger partial charge in [0, 0.05) is 0 Å². The third kappa shape index (κ3) is 56.9. The van der Waals surface area contributed by atoms with E-state index in [0.717, 1.165) is 0 Å². The quantitative estimate of drug-likeness (QED) is 0.0672. The Labute approximate surface area is 288 Å². The molecule has 4 atom stereocenters. The summed E-state index contributed by atoms with van der Waals surface area (Å²) in [7, 11) is -35.7. The summed E-state index contributed by atoms with van der Waals surface area (Å²) in [5, 5.41) is 0. The third-order valence-electron chi connectivity index (χ3n) is 3.07. The van der Waals surface area contributed by atoms with Crippen LogP contribution in [0, 0.1) is 0 Å². The van der Waals surface area contributed by atoms with Crippen LogP contribution in [0.1, 0.15) is 0 Å². The van der Waals surface area contributed by atoms with Crippen molar-refractivity contribution in [3.63, 3.8) is 0 Å². The van der Waals surface area contributed by atoms with Crippen molar-refractivity contribution >= 4 is 57.8 Å². The van der Waals surface area contributed by atoms with Gasteiger partial charge in [-0.25, -0.2) is 27.4 Å². The van der Waals surface area contributed by atoms with Crippen LogP contribution < -0.4 is 13.6 Å². The van der Waals surface area contributed by atoms with Gasteiger partial charge < -0.3 is 13.6 Å². The van der Waals surface area contributed by atoms with E-state index in [9.17, 15) is 51.9 Å². The predicted molar refractivity (Wildman–Crippen MR) is 164 cm³/mol. The highest BCUT2D eigenvalue weighted by atomic mass is 32.3. The van der Waals surface area contributed by atoms with E-state index < -0.39 is 57.8 Å². The lowest BCUT2D eigenvalue weighted by atomic mass is 10.3. The molecule has 0 radical (unpaired) electrons. The van der Waals surface area contributed by atoms with Gasteiger partial charge in [-0.1, -0.05) is 54.6 Å². The van der Waals surface area contributed by atoms with Crippen molar-refractivity contribution in [1.29, 1.82) is 0 Å². The second-order valence-corrected chi connectivity index (χ2v) is 15.0. The van der Waals surface area contributed by atoms with Crippen molar-refractivity contribution in [2.24, 2.45) is 0 Å². The zero-order valence-corrected chi connectivity index (χ0v) is 30.6. The van der Waals surface area contributed by atoms with Crippen molar-refractivity contribution < 1.29 is 122 Å². The number of halogens is 6. The van der Waals surface area contributed by atoms with Crippen LogP contribution in [0.2, 0.25) is 0 Å². The van der Waals surface area contributed by atoms with Gasteiger partial charge in [-0.2, -0.15) is 8.42 Å². The number of hydrogen-bond acceptors (Lipinski definition) is 12. The smallest absolute Gasteiger partial charge is 0.401 e. The van der Waals surface area contributed by atoms with Crippen LogP contribution in [0.3, 0.4) is 0 Å². The molecule has 21 nitrogen and oxygen atoms in total. The first-order chi connectivity index (χ1) is 22.9. The summed E-state index contributed by atoms with van der Waals surface area (Å²) in [6.45, 7) is 0. The van der Waals surface area contributed by atoms with E-state index in [-0.39, 0.29) is 17.2 Å². The first kappa shape index (κ1) is 53.9. The van der Waals surface area contributed by atoms with E-state index in [1.807, 2.05) is 0 Å². The van der Waals surface area contributed by atoms with E-state index in [1.165, 1.54) is 36.4 Å². The molecular weight excluding hydrogens is 884 g/mol. The second-order valence-electron chi connectivity index (χ2n) is 7.47. The Bertz CT molecular complexity index is 1650. The molecule has 52 heavy (non-hydrogen) atoms. The number of hydrogen-bond donors (Lipinski definition) is 9. The summed E-state index contributed by atoms with van der Waals surface area (Å²) in [6, 6.07) is 22.9. The molecule has 0 spiro atoms. The maximum atomic E-state index is 12.0. The molecule has 4 unspecified atom stereocenters. The summed E-state index contributed by atoms with van der Waals surface area (Å²) in [5.41, 5.74) is 0. The van der Waals surface area contributed by atoms with Gasteiger partial charge in [-0.15, -0.1) is 29.2 Å². The molecule has 0 fully saturated rings. The van der Waals surface area contributed by atoms with Gasteiger partial charge in [-0.05, 0) is 36.4 Å². The molecule has 9 N–H and O–H groups in total. The summed E-state index contributed by atoms with van der Waals surface area (Å²) in [6.07, 6.45) is 0. The number of para-hydroxylation sites is 3. The fourth-order valence-corrected chi connectivity index (χ4v) is 4.02. The summed E-state index contributed by atoms with van der Waals surface area (Å²) in [5.74, 6) is 0.127. The van der Waals surface area contributed by atoms with Gasteiger partial charge in [-0.3, -0.25) is 43.7 Å². The molecule has 0 bridgehead atoms. The van der Waals surface area contributed by atoms with Crippen molar-refractivity contribution in [3.8, 4) is 17.2 Å². The molecule has 0 aliphatic carbocycles. The molecule has 0 aliphatic rings. The minimum atomic E-state index is -5.63. The van der Waals surface area contributed by atoms with E-state index >= 15 is 0 Å². The minimum Gasteiger partial charge on any atom is -0.401 e. The molecule has 3 aromatic rings. The average molecular weight is 908 g/mol. The highest BCUT2D eigenvalue weighted by Crippen LogP contribution is 2.46. The molecular formula is C18H24F6O21P6S. The van der Waals surface area contributed by atoms with Crippen LogP contribution in [0.15, 0.2) is 91.0 Å². The summed E-state index contributed by atoms with van der Waals surface area (Å²) in [4.78, 5) is 59.8. The molecule has 0 saturated heterocycles. The second kappa shape index (κ2) is 24.1. The molecule has 0 aromatic heterocycles. The van der Waals surface area contributed by atoms with Crippen molar-refractivity contribution in [3.05, 3.63) is 91.0 Å². The molecule has 0 saturated carbocycles. The van der Waals surface area contributed by atoms with E-state index in [0.29, 0.717) is 0 Å². The predicted octanol–water partition coefficient (Wildman–Crippen LogP) is 6.38. The van der Waals surface area contributed by atoms with Gasteiger partial charge in [0.1, 0.15) is 17.2 Å². The standard InChI is InChI=1S/3C6H6FO3P.FH2O6PS.2FH2O3P/c3*7-11(8,9)10-6-4-2-1-3-5-6;1-8(2,3)7-9(4,5)6;2*1-5(2,3)4/h3*1-5H,(H,8,9);(H,2,3)(H,4,5,6);2*(H2,2,3,4). The largest absolute Gasteiger partial charge is 0.567 e. The Morgan fingerprint density at radius 2 is 0.577 bits per heavy atom. The summed E-state index contributed by atoms with van der Waals surface area (Å²) < 4.78 is 166. The summed E-state index contributed by atoms with van der Waals surface area (Å²) >= 11 is 0. The van der Waals surface area contributed by atoms with Crippen molar-refractivity contribution in [2.75, 3.05) is 0 Å². The molecule has 300 valence electrons. The van der Waals surface area contributed by atoms with Gasteiger partial charge >= 0.3 is 57.8 Å². The lowest BCUT2D eigenvalue weighted by Crippen LogP contribution is -1.98. The van der Waals surface area contributed by atoms with E-state index in [4.69, 9.17) is 52.8 Å². The van der Waals surface area contributed by atoms with Gasteiger partial charge in [0.25, 0.3) is 0 Å². The Hall–Kier alpha value is -2.43. The molecule has 0 amide bonds. The Morgan fingerprint density at radius 3 is 0.673 bits per heavy atom. The van der Waals surface area contributed by atoms with E-state index in [1.54, 1.807) is 54.6 Å². The number of benzene rings is 3. The molecule has 0 heterocycles. The molecule has 34 heteroatoms. The van der Waals surface area contributed by atoms with Crippen LogP contribution >= 0.6 is 47.4 Å². The maximum absolute atomic E-state index is 12.0. The van der Waals surface area contributed by atoms with Crippen molar-refractivity contribution in [2.45, 2.75) is 0 Å². The Morgan fingerprint density at radius 1 is 0.404 bits per heavy atom. The molecule has 3 rings (SSSR count). The number of rotatable bonds is 8. The van der Waals surface area contributed by atoms with Crippen molar-refractivity contribution in [1.82, 2.24) is 0 Å². The lowest BCUT2D eigenvalue weighted by Gasteiger charge is -2.02. The SMILES string of the molecule is O=P(O)(F)OS(=O)(=O)O.O=P(O)(F)Oc1ccccc1.O=P(O)(F)Oc1ccccc1.O=P(O)(F)Oc1ccccc1.O=P(O)(O)F.O=P(O)(O)F. The maximum Gasteiger partial charge on any atom is 0.567 e. The van der Waals surface area contributed by atoms with Crippen LogP contribution in [0.25, 0.3) is 0 Å². The fourth-order valence-electron chi connectivity index (χ4n) is 1.95. The first-order valence-electron chi connectivity index (χ1n) is 11.5. The highest BCUT2D eigenvalue weighted by molar-refractivity contribution is 7.85. The minimum absolute atomic E-state index is 0.0424. The highest BCUT2D eigenvalue weighted by Gasteiger charge is 2.25. The van der Waals surface area contributed by atoms with Gasteiger partial charge in [0.2, 0.25) is 0 Å². The van der Waals surface area contributed by atoms with Crippen LogP contribution in [0.4, 0.5) is 25.2 Å².